The minimum atomic E-state index is -0.554. The van der Waals surface area contributed by atoms with E-state index in [2.05, 4.69) is 4.98 Å². The summed E-state index contributed by atoms with van der Waals surface area (Å²) in [6.07, 6.45) is -0.410. The third-order valence-corrected chi connectivity index (χ3v) is 3.14. The molecule has 0 aliphatic carbocycles. The Labute approximate surface area is 121 Å². The molecule has 0 amide bonds. The number of benzene rings is 1. The van der Waals surface area contributed by atoms with E-state index < -0.39 is 11.0 Å². The van der Waals surface area contributed by atoms with Crippen LogP contribution in [-0.2, 0) is 0 Å². The Balaban J connectivity index is 2.31. The zero-order valence-corrected chi connectivity index (χ0v) is 11.8. The largest absolute Gasteiger partial charge is 0.478 e. The van der Waals surface area contributed by atoms with Gasteiger partial charge in [-0.1, -0.05) is 29.8 Å². The molecule has 2 aromatic rings. The van der Waals surface area contributed by atoms with Crippen molar-refractivity contribution in [3.8, 4) is 5.75 Å². The van der Waals surface area contributed by atoms with Gasteiger partial charge in [-0.25, -0.2) is 0 Å². The Kier molecular flexibility index (Phi) is 4.20. The van der Waals surface area contributed by atoms with Gasteiger partial charge in [-0.05, 0) is 35.0 Å². The lowest BCUT2D eigenvalue weighted by Crippen LogP contribution is -2.06. The van der Waals surface area contributed by atoms with Gasteiger partial charge in [-0.3, -0.25) is 0 Å². The Morgan fingerprint density at radius 3 is 2.65 bits per heavy atom. The van der Waals surface area contributed by atoms with Crippen molar-refractivity contribution in [2.45, 2.75) is 20.0 Å². The number of nitro groups is 1. The van der Waals surface area contributed by atoms with E-state index in [4.69, 9.17) is 16.3 Å². The smallest absolute Gasteiger partial charge is 0.406 e. The third-order valence-electron chi connectivity index (χ3n) is 2.80. The van der Waals surface area contributed by atoms with Gasteiger partial charge >= 0.3 is 5.82 Å². The van der Waals surface area contributed by atoms with Gasteiger partial charge in [-0.2, -0.15) is 0 Å². The number of hydrogen-bond donors (Lipinski definition) is 0. The Hall–Kier alpha value is -2.14. The second-order valence-electron chi connectivity index (χ2n) is 4.31. The van der Waals surface area contributed by atoms with Gasteiger partial charge in [0.05, 0.1) is 0 Å². The van der Waals surface area contributed by atoms with Crippen LogP contribution >= 0.6 is 11.6 Å². The summed E-state index contributed by atoms with van der Waals surface area (Å²) < 4.78 is 5.64. The van der Waals surface area contributed by atoms with Crippen LogP contribution in [0.3, 0.4) is 0 Å². The third kappa shape index (κ3) is 3.05. The van der Waals surface area contributed by atoms with Gasteiger partial charge in [0, 0.05) is 17.5 Å². The van der Waals surface area contributed by atoms with E-state index >= 15 is 0 Å². The Morgan fingerprint density at radius 2 is 2.00 bits per heavy atom. The first-order chi connectivity index (χ1) is 9.49. The highest BCUT2D eigenvalue weighted by molar-refractivity contribution is 6.31. The minimum Gasteiger partial charge on any atom is -0.478 e. The van der Waals surface area contributed by atoms with Gasteiger partial charge < -0.3 is 14.9 Å². The van der Waals surface area contributed by atoms with E-state index in [-0.39, 0.29) is 11.6 Å². The lowest BCUT2D eigenvalue weighted by atomic mass is 10.1. The first kappa shape index (κ1) is 14.3. The molecule has 2 rings (SSSR count). The van der Waals surface area contributed by atoms with Crippen molar-refractivity contribution < 1.29 is 9.66 Å². The average Bonchev–Trinajstić information content (AvgIpc) is 2.41. The SMILES string of the molecule is Cc1ccc(O[C@@H](C)c2ccccc2Cl)c([N+](=O)[O-])n1. The highest BCUT2D eigenvalue weighted by Gasteiger charge is 2.21. The summed E-state index contributed by atoms with van der Waals surface area (Å²) in [7, 11) is 0. The van der Waals surface area contributed by atoms with E-state index in [1.807, 2.05) is 18.2 Å². The quantitative estimate of drug-likeness (QED) is 0.629. The first-order valence-corrected chi connectivity index (χ1v) is 6.40. The number of hydrogen-bond acceptors (Lipinski definition) is 4. The van der Waals surface area contributed by atoms with Crippen molar-refractivity contribution in [1.29, 1.82) is 0 Å². The number of nitrogens with zero attached hydrogens (tertiary/aromatic N) is 2. The number of ether oxygens (including phenoxy) is 1. The molecule has 0 fully saturated rings. The van der Waals surface area contributed by atoms with Gasteiger partial charge in [0.25, 0.3) is 0 Å². The topological polar surface area (TPSA) is 65.3 Å². The Morgan fingerprint density at radius 1 is 1.30 bits per heavy atom. The first-order valence-electron chi connectivity index (χ1n) is 6.02. The molecule has 1 aromatic carbocycles. The number of rotatable bonds is 4. The van der Waals surface area contributed by atoms with Gasteiger partial charge in [0.1, 0.15) is 11.8 Å². The molecule has 6 heteroatoms. The Bertz CT molecular complexity index is 646. The normalized spacial score (nSPS) is 11.9. The minimum absolute atomic E-state index is 0.132. The summed E-state index contributed by atoms with van der Waals surface area (Å²) in [6.45, 7) is 3.47. The highest BCUT2D eigenvalue weighted by atomic mass is 35.5. The van der Waals surface area contributed by atoms with Crippen LogP contribution in [0, 0.1) is 17.0 Å². The maximum absolute atomic E-state index is 11.0. The van der Waals surface area contributed by atoms with Crippen LogP contribution in [0.1, 0.15) is 24.3 Å². The van der Waals surface area contributed by atoms with Crippen molar-refractivity contribution in [3.05, 3.63) is 62.8 Å². The standard InChI is InChI=1S/C14H13ClN2O3/c1-9-7-8-13(14(16-9)17(18)19)20-10(2)11-5-3-4-6-12(11)15/h3-8,10H,1-2H3/t10-/m0/s1. The predicted octanol–water partition coefficient (Wildman–Crippen LogP) is 4.09. The monoisotopic (exact) mass is 292 g/mol. The molecule has 0 spiro atoms. The zero-order valence-electron chi connectivity index (χ0n) is 11.0. The molecule has 0 radical (unpaired) electrons. The van der Waals surface area contributed by atoms with Gasteiger partial charge in [0.2, 0.25) is 5.75 Å². The molecule has 0 saturated carbocycles. The molecule has 0 bridgehead atoms. The maximum Gasteiger partial charge on any atom is 0.406 e. The van der Waals surface area contributed by atoms with Crippen LogP contribution in [-0.4, -0.2) is 9.91 Å². The lowest BCUT2D eigenvalue weighted by Gasteiger charge is -2.15. The van der Waals surface area contributed by atoms with Crippen LogP contribution < -0.4 is 4.74 Å². The molecule has 0 saturated heterocycles. The number of aryl methyl sites for hydroxylation is 1. The van der Waals surface area contributed by atoms with Crippen molar-refractivity contribution in [2.75, 3.05) is 0 Å². The number of aromatic nitrogens is 1. The zero-order chi connectivity index (χ0) is 14.7. The molecule has 5 nitrogen and oxygen atoms in total. The van der Waals surface area contributed by atoms with E-state index in [0.29, 0.717) is 10.7 Å². The van der Waals surface area contributed by atoms with E-state index in [9.17, 15) is 10.1 Å². The van der Waals surface area contributed by atoms with Crippen molar-refractivity contribution in [2.24, 2.45) is 0 Å². The fraction of sp³-hybridized carbons (Fsp3) is 0.214. The van der Waals surface area contributed by atoms with Crippen LogP contribution in [0.2, 0.25) is 5.02 Å². The molecule has 1 atom stereocenters. The van der Waals surface area contributed by atoms with Crippen LogP contribution in [0.15, 0.2) is 36.4 Å². The second-order valence-corrected chi connectivity index (χ2v) is 4.72. The molecule has 0 aliphatic rings. The molecule has 0 aliphatic heterocycles. The highest BCUT2D eigenvalue weighted by Crippen LogP contribution is 2.31. The predicted molar refractivity (Wildman–Crippen MR) is 76.1 cm³/mol. The van der Waals surface area contributed by atoms with E-state index in [1.165, 1.54) is 0 Å². The fourth-order valence-electron chi connectivity index (χ4n) is 1.81. The molecule has 1 heterocycles. The number of pyridine rings is 1. The molecule has 0 N–H and O–H groups in total. The summed E-state index contributed by atoms with van der Waals surface area (Å²) >= 11 is 6.08. The lowest BCUT2D eigenvalue weighted by molar-refractivity contribution is -0.390. The average molecular weight is 293 g/mol. The maximum atomic E-state index is 11.0. The van der Waals surface area contributed by atoms with Crippen LogP contribution in [0.5, 0.6) is 5.75 Å². The molecular weight excluding hydrogens is 280 g/mol. The molecule has 20 heavy (non-hydrogen) atoms. The summed E-state index contributed by atoms with van der Waals surface area (Å²) in [5, 5.41) is 11.6. The van der Waals surface area contributed by atoms with Crippen molar-refractivity contribution >= 4 is 17.4 Å². The van der Waals surface area contributed by atoms with E-state index in [0.717, 1.165) is 5.56 Å². The van der Waals surface area contributed by atoms with Crippen LogP contribution in [0.25, 0.3) is 0 Å². The molecule has 104 valence electrons. The molecular formula is C14H13ClN2O3. The molecule has 0 unspecified atom stereocenters. The number of halogens is 1. The summed E-state index contributed by atoms with van der Waals surface area (Å²) in [5.74, 6) is -0.156. The van der Waals surface area contributed by atoms with Crippen molar-refractivity contribution in [3.63, 3.8) is 0 Å². The van der Waals surface area contributed by atoms with Gasteiger partial charge in [-0.15, -0.1) is 0 Å². The molecule has 1 aromatic heterocycles. The summed E-state index contributed by atoms with van der Waals surface area (Å²) in [4.78, 5) is 14.3. The van der Waals surface area contributed by atoms with Crippen molar-refractivity contribution in [1.82, 2.24) is 4.98 Å². The van der Waals surface area contributed by atoms with Gasteiger partial charge in [0.15, 0.2) is 0 Å². The van der Waals surface area contributed by atoms with Crippen LogP contribution in [0.4, 0.5) is 5.82 Å². The summed E-state index contributed by atoms with van der Waals surface area (Å²) in [6, 6.07) is 10.4. The summed E-state index contributed by atoms with van der Waals surface area (Å²) in [5.41, 5.74) is 1.33. The fourth-order valence-corrected chi connectivity index (χ4v) is 2.10. The second kappa shape index (κ2) is 5.88. The van der Waals surface area contributed by atoms with E-state index in [1.54, 1.807) is 32.0 Å².